The van der Waals surface area contributed by atoms with Gasteiger partial charge in [0.1, 0.15) is 25.3 Å². The van der Waals surface area contributed by atoms with Crippen molar-refractivity contribution in [3.8, 4) is 0 Å². The van der Waals surface area contributed by atoms with Crippen LogP contribution in [0.2, 0.25) is 0 Å². The molecule has 2 amide bonds. The van der Waals surface area contributed by atoms with Crippen molar-refractivity contribution in [1.29, 1.82) is 0 Å². The Morgan fingerprint density at radius 3 is 1.86 bits per heavy atom. The van der Waals surface area contributed by atoms with Crippen molar-refractivity contribution in [2.45, 2.75) is 71.8 Å². The molecule has 0 aromatic heterocycles. The molecule has 8 heteroatoms. The van der Waals surface area contributed by atoms with Crippen molar-refractivity contribution in [3.63, 3.8) is 0 Å². The molecule has 0 fully saturated rings. The van der Waals surface area contributed by atoms with Gasteiger partial charge in [0, 0.05) is 12.8 Å². The van der Waals surface area contributed by atoms with Gasteiger partial charge in [0.15, 0.2) is 0 Å². The number of esters is 2. The average molecular weight is 497 g/mol. The first kappa shape index (κ1) is 28.6. The van der Waals surface area contributed by atoms with Crippen LogP contribution in [0.5, 0.6) is 0 Å². The maximum Gasteiger partial charge on any atom is 0.328 e. The molecule has 2 N–H and O–H groups in total. The fourth-order valence-corrected chi connectivity index (χ4v) is 3.42. The number of hydrogen-bond acceptors (Lipinski definition) is 6. The second-order valence-electron chi connectivity index (χ2n) is 8.88. The average Bonchev–Trinajstić information content (AvgIpc) is 2.88. The molecule has 0 spiro atoms. The van der Waals surface area contributed by atoms with Crippen molar-refractivity contribution in [2.24, 2.45) is 5.92 Å². The van der Waals surface area contributed by atoms with E-state index in [0.717, 1.165) is 11.1 Å². The summed E-state index contributed by atoms with van der Waals surface area (Å²) in [5, 5.41) is 5.40. The Bertz CT molecular complexity index is 978. The van der Waals surface area contributed by atoms with Crippen LogP contribution in [0.25, 0.3) is 0 Å². The van der Waals surface area contributed by atoms with Gasteiger partial charge < -0.3 is 20.1 Å². The monoisotopic (exact) mass is 496 g/mol. The normalized spacial score (nSPS) is 12.3. The number of amides is 2. The molecular formula is C28H36N2O6. The molecule has 8 nitrogen and oxygen atoms in total. The molecule has 0 saturated carbocycles. The fraction of sp³-hybridized carbons (Fsp3) is 0.429. The molecule has 0 aliphatic carbocycles. The van der Waals surface area contributed by atoms with E-state index in [1.807, 2.05) is 67.6 Å². The minimum Gasteiger partial charge on any atom is -0.461 e. The van der Waals surface area contributed by atoms with Gasteiger partial charge in [-0.3, -0.25) is 14.4 Å². The Morgan fingerprint density at radius 2 is 1.33 bits per heavy atom. The zero-order chi connectivity index (χ0) is 26.3. The highest BCUT2D eigenvalue weighted by atomic mass is 16.5. The Labute approximate surface area is 212 Å². The Hall–Kier alpha value is -3.68. The third kappa shape index (κ3) is 10.3. The van der Waals surface area contributed by atoms with Crippen LogP contribution in [0.1, 0.15) is 57.6 Å². The number of nitrogens with one attached hydrogen (secondary N) is 2. The van der Waals surface area contributed by atoms with Crippen LogP contribution in [-0.2, 0) is 41.9 Å². The smallest absolute Gasteiger partial charge is 0.328 e. The van der Waals surface area contributed by atoms with Crippen molar-refractivity contribution in [3.05, 3.63) is 71.8 Å². The second-order valence-corrected chi connectivity index (χ2v) is 8.88. The summed E-state index contributed by atoms with van der Waals surface area (Å²) < 4.78 is 10.7. The largest absolute Gasteiger partial charge is 0.461 e. The predicted octanol–water partition coefficient (Wildman–Crippen LogP) is 3.68. The molecule has 0 saturated heterocycles. The maximum atomic E-state index is 13.0. The summed E-state index contributed by atoms with van der Waals surface area (Å²) in [6.07, 6.45) is 0.859. The molecule has 2 aromatic carbocycles. The van der Waals surface area contributed by atoms with Gasteiger partial charge in [0.2, 0.25) is 11.8 Å². The molecule has 0 aliphatic rings. The summed E-state index contributed by atoms with van der Waals surface area (Å²) in [7, 11) is 0. The lowest BCUT2D eigenvalue weighted by molar-refractivity contribution is -0.151. The summed E-state index contributed by atoms with van der Waals surface area (Å²) in [5.41, 5.74) is 1.64. The zero-order valence-electron chi connectivity index (χ0n) is 21.2. The molecule has 0 aliphatic heterocycles. The van der Waals surface area contributed by atoms with E-state index in [4.69, 9.17) is 9.47 Å². The van der Waals surface area contributed by atoms with Crippen LogP contribution in [0.4, 0.5) is 0 Å². The van der Waals surface area contributed by atoms with Crippen molar-refractivity contribution >= 4 is 23.8 Å². The van der Waals surface area contributed by atoms with E-state index in [9.17, 15) is 19.2 Å². The molecule has 2 unspecified atom stereocenters. The molecule has 194 valence electrons. The van der Waals surface area contributed by atoms with Crippen molar-refractivity contribution in [1.82, 2.24) is 10.6 Å². The van der Waals surface area contributed by atoms with E-state index in [1.165, 1.54) is 0 Å². The van der Waals surface area contributed by atoms with Gasteiger partial charge in [-0.2, -0.15) is 0 Å². The van der Waals surface area contributed by atoms with Gasteiger partial charge in [0.25, 0.3) is 0 Å². The van der Waals surface area contributed by atoms with Crippen molar-refractivity contribution in [2.75, 3.05) is 0 Å². The second kappa shape index (κ2) is 15.3. The van der Waals surface area contributed by atoms with E-state index >= 15 is 0 Å². The van der Waals surface area contributed by atoms with Crippen molar-refractivity contribution < 1.29 is 28.7 Å². The fourth-order valence-electron chi connectivity index (χ4n) is 3.42. The van der Waals surface area contributed by atoms with Gasteiger partial charge in [0.05, 0.1) is 0 Å². The summed E-state index contributed by atoms with van der Waals surface area (Å²) in [6, 6.07) is 16.5. The Kier molecular flexibility index (Phi) is 12.2. The SMILES string of the molecule is CCCC(=O)NC(C(=O)NC(CCC(=O)OCc1ccccc1)C(=O)OCc1ccccc1)C(C)C. The first-order valence-electron chi connectivity index (χ1n) is 12.3. The highest BCUT2D eigenvalue weighted by molar-refractivity contribution is 5.91. The summed E-state index contributed by atoms with van der Waals surface area (Å²) in [6.45, 7) is 5.64. The summed E-state index contributed by atoms with van der Waals surface area (Å²) in [4.78, 5) is 50.3. The number of carbonyl (C=O) groups is 4. The van der Waals surface area contributed by atoms with E-state index < -0.39 is 29.9 Å². The van der Waals surface area contributed by atoms with Gasteiger partial charge in [-0.1, -0.05) is 81.4 Å². The predicted molar refractivity (Wildman–Crippen MR) is 135 cm³/mol. The summed E-state index contributed by atoms with van der Waals surface area (Å²) in [5.74, 6) is -2.11. The lowest BCUT2D eigenvalue weighted by Gasteiger charge is -2.25. The molecule has 2 aromatic rings. The lowest BCUT2D eigenvalue weighted by Crippen LogP contribution is -2.54. The van der Waals surface area contributed by atoms with Crippen LogP contribution in [-0.4, -0.2) is 35.8 Å². The van der Waals surface area contributed by atoms with Crippen LogP contribution < -0.4 is 10.6 Å². The molecule has 0 heterocycles. The third-order valence-corrected chi connectivity index (χ3v) is 5.45. The lowest BCUT2D eigenvalue weighted by atomic mass is 10.0. The van der Waals surface area contributed by atoms with Gasteiger partial charge >= 0.3 is 11.9 Å². The highest BCUT2D eigenvalue weighted by Gasteiger charge is 2.30. The molecule has 2 rings (SSSR count). The standard InChI is InChI=1S/C28H36N2O6/c1-4-11-24(31)30-26(20(2)3)27(33)29-23(28(34)36-19-22-14-9-6-10-15-22)16-17-25(32)35-18-21-12-7-5-8-13-21/h5-10,12-15,20,23,26H,4,11,16-19H2,1-3H3,(H,29,33)(H,30,31). The Morgan fingerprint density at radius 1 is 0.778 bits per heavy atom. The van der Waals surface area contributed by atoms with Crippen LogP contribution in [0.15, 0.2) is 60.7 Å². The van der Waals surface area contributed by atoms with E-state index in [2.05, 4.69) is 10.6 Å². The van der Waals surface area contributed by atoms with Crippen LogP contribution in [0.3, 0.4) is 0 Å². The number of ether oxygens (including phenoxy) is 2. The topological polar surface area (TPSA) is 111 Å². The number of hydrogen-bond donors (Lipinski definition) is 2. The molecule has 0 radical (unpaired) electrons. The quantitative estimate of drug-likeness (QED) is 0.386. The highest BCUT2D eigenvalue weighted by Crippen LogP contribution is 2.10. The number of rotatable bonds is 14. The van der Waals surface area contributed by atoms with E-state index in [1.54, 1.807) is 13.8 Å². The van der Waals surface area contributed by atoms with E-state index in [-0.39, 0.29) is 37.9 Å². The van der Waals surface area contributed by atoms with Gasteiger partial charge in [-0.05, 0) is 29.9 Å². The van der Waals surface area contributed by atoms with E-state index in [0.29, 0.717) is 12.8 Å². The maximum absolute atomic E-state index is 13.0. The number of benzene rings is 2. The van der Waals surface area contributed by atoms with Crippen LogP contribution in [0, 0.1) is 5.92 Å². The molecular weight excluding hydrogens is 460 g/mol. The van der Waals surface area contributed by atoms with Gasteiger partial charge in [-0.25, -0.2) is 4.79 Å². The minimum atomic E-state index is -1.07. The minimum absolute atomic E-state index is 0.000702. The van der Waals surface area contributed by atoms with Crippen LogP contribution >= 0.6 is 0 Å². The summed E-state index contributed by atoms with van der Waals surface area (Å²) >= 11 is 0. The van der Waals surface area contributed by atoms with Gasteiger partial charge in [-0.15, -0.1) is 0 Å². The first-order chi connectivity index (χ1) is 17.3. The third-order valence-electron chi connectivity index (χ3n) is 5.45. The number of carbonyl (C=O) groups excluding carboxylic acids is 4. The molecule has 2 atom stereocenters. The molecule has 36 heavy (non-hydrogen) atoms. The molecule has 0 bridgehead atoms. The Balaban J connectivity index is 2.02. The first-order valence-corrected chi connectivity index (χ1v) is 12.3. The zero-order valence-corrected chi connectivity index (χ0v) is 21.2.